The molecule has 0 aliphatic carbocycles. The second-order valence-corrected chi connectivity index (χ2v) is 6.38. The van der Waals surface area contributed by atoms with Crippen LogP contribution in [-0.2, 0) is 10.0 Å². The lowest BCUT2D eigenvalue weighted by Gasteiger charge is -2.11. The van der Waals surface area contributed by atoms with E-state index in [0.717, 1.165) is 6.42 Å². The summed E-state index contributed by atoms with van der Waals surface area (Å²) < 4.78 is 32.5. The Labute approximate surface area is 129 Å². The fourth-order valence-corrected chi connectivity index (χ4v) is 2.84. The Morgan fingerprint density at radius 3 is 2.81 bits per heavy atom. The molecule has 0 fully saturated rings. The van der Waals surface area contributed by atoms with Gasteiger partial charge in [-0.05, 0) is 30.7 Å². The molecular weight excluding hydrogens is 312 g/mol. The molecule has 112 valence electrons. The van der Waals surface area contributed by atoms with Gasteiger partial charge in [-0.15, -0.1) is 0 Å². The van der Waals surface area contributed by atoms with Crippen LogP contribution in [0.1, 0.15) is 13.3 Å². The van der Waals surface area contributed by atoms with Gasteiger partial charge in [0.05, 0.1) is 28.4 Å². The minimum atomic E-state index is -3.71. The third-order valence-electron chi connectivity index (χ3n) is 2.59. The normalized spacial score (nSPS) is 11.1. The van der Waals surface area contributed by atoms with E-state index < -0.39 is 10.0 Å². The molecule has 2 aromatic rings. The van der Waals surface area contributed by atoms with Crippen molar-refractivity contribution in [1.29, 1.82) is 0 Å². The number of nitrogens with zero attached hydrogens (tertiary/aromatic N) is 1. The number of pyridine rings is 1. The third-order valence-corrected chi connectivity index (χ3v) is 4.28. The molecule has 0 spiro atoms. The standard InChI is InChI=1S/C14H15ClN2O3S/c1-2-8-20-14-9-12(5-6-13(14)15)21(18,19)17-11-4-3-7-16-10-11/h3-7,9-10,17H,2,8H2,1H3. The van der Waals surface area contributed by atoms with Gasteiger partial charge in [-0.2, -0.15) is 0 Å². The number of aromatic nitrogens is 1. The van der Waals surface area contributed by atoms with Crippen molar-refractivity contribution in [2.24, 2.45) is 0 Å². The zero-order chi connectivity index (χ0) is 15.3. The second kappa shape index (κ2) is 6.78. The molecule has 0 saturated carbocycles. The Morgan fingerprint density at radius 1 is 1.33 bits per heavy atom. The van der Waals surface area contributed by atoms with Crippen LogP contribution in [0.5, 0.6) is 5.75 Å². The maximum atomic E-state index is 12.3. The molecular formula is C14H15ClN2O3S. The van der Waals surface area contributed by atoms with Gasteiger partial charge >= 0.3 is 0 Å². The maximum absolute atomic E-state index is 12.3. The molecule has 0 aliphatic rings. The molecule has 0 saturated heterocycles. The van der Waals surface area contributed by atoms with Gasteiger partial charge in [0.15, 0.2) is 0 Å². The summed E-state index contributed by atoms with van der Waals surface area (Å²) in [5.74, 6) is 0.354. The first kappa shape index (κ1) is 15.6. The van der Waals surface area contributed by atoms with Crippen molar-refractivity contribution in [3.63, 3.8) is 0 Å². The number of nitrogens with one attached hydrogen (secondary N) is 1. The van der Waals surface area contributed by atoms with Gasteiger partial charge in [0.2, 0.25) is 0 Å². The van der Waals surface area contributed by atoms with Gasteiger partial charge in [-0.25, -0.2) is 8.42 Å². The summed E-state index contributed by atoms with van der Waals surface area (Å²) in [5.41, 5.74) is 0.392. The summed E-state index contributed by atoms with van der Waals surface area (Å²) in [7, 11) is -3.71. The lowest BCUT2D eigenvalue weighted by Crippen LogP contribution is -2.13. The molecule has 0 aliphatic heterocycles. The second-order valence-electron chi connectivity index (χ2n) is 4.29. The smallest absolute Gasteiger partial charge is 0.262 e. The minimum Gasteiger partial charge on any atom is -0.492 e. The molecule has 5 nitrogen and oxygen atoms in total. The van der Waals surface area contributed by atoms with E-state index >= 15 is 0 Å². The molecule has 1 N–H and O–H groups in total. The number of hydrogen-bond acceptors (Lipinski definition) is 4. The van der Waals surface area contributed by atoms with Crippen molar-refractivity contribution in [3.8, 4) is 5.75 Å². The number of halogens is 1. The van der Waals surface area contributed by atoms with Crippen LogP contribution in [-0.4, -0.2) is 20.0 Å². The Kier molecular flexibility index (Phi) is 5.03. The summed E-state index contributed by atoms with van der Waals surface area (Å²) >= 11 is 5.99. The van der Waals surface area contributed by atoms with Crippen LogP contribution >= 0.6 is 11.6 Å². The number of sulfonamides is 1. The quantitative estimate of drug-likeness (QED) is 0.884. The molecule has 21 heavy (non-hydrogen) atoms. The van der Waals surface area contributed by atoms with E-state index in [-0.39, 0.29) is 4.90 Å². The zero-order valence-electron chi connectivity index (χ0n) is 11.4. The van der Waals surface area contributed by atoms with E-state index in [2.05, 4.69) is 9.71 Å². The summed E-state index contributed by atoms with van der Waals surface area (Å²) in [6, 6.07) is 7.62. The average Bonchev–Trinajstić information content (AvgIpc) is 2.47. The highest BCUT2D eigenvalue weighted by atomic mass is 35.5. The lowest BCUT2D eigenvalue weighted by molar-refractivity contribution is 0.317. The van der Waals surface area contributed by atoms with Crippen molar-refractivity contribution in [3.05, 3.63) is 47.7 Å². The molecule has 0 atom stereocenters. The van der Waals surface area contributed by atoms with Crippen LogP contribution in [0.15, 0.2) is 47.6 Å². The summed E-state index contributed by atoms with van der Waals surface area (Å²) in [4.78, 5) is 3.95. The van der Waals surface area contributed by atoms with Gasteiger partial charge in [0.25, 0.3) is 10.0 Å². The van der Waals surface area contributed by atoms with Crippen molar-refractivity contribution < 1.29 is 13.2 Å². The Morgan fingerprint density at radius 2 is 2.14 bits per heavy atom. The number of rotatable bonds is 6. The molecule has 0 bridgehead atoms. The molecule has 2 rings (SSSR count). The highest BCUT2D eigenvalue weighted by Crippen LogP contribution is 2.28. The number of anilines is 1. The topological polar surface area (TPSA) is 68.3 Å². The molecule has 1 aromatic heterocycles. The van der Waals surface area contributed by atoms with Crippen LogP contribution in [0.2, 0.25) is 5.02 Å². The highest BCUT2D eigenvalue weighted by molar-refractivity contribution is 7.92. The summed E-state index contributed by atoms with van der Waals surface area (Å²) in [6.07, 6.45) is 3.81. The van der Waals surface area contributed by atoms with Crippen LogP contribution in [0, 0.1) is 0 Å². The largest absolute Gasteiger partial charge is 0.492 e. The Balaban J connectivity index is 2.27. The fourth-order valence-electron chi connectivity index (χ4n) is 1.61. The van der Waals surface area contributed by atoms with Crippen LogP contribution in [0.25, 0.3) is 0 Å². The van der Waals surface area contributed by atoms with E-state index in [1.54, 1.807) is 18.3 Å². The molecule has 0 amide bonds. The Hall–Kier alpha value is -1.79. The first-order chi connectivity index (χ1) is 10.0. The first-order valence-electron chi connectivity index (χ1n) is 6.38. The SMILES string of the molecule is CCCOc1cc(S(=O)(=O)Nc2cccnc2)ccc1Cl. The summed E-state index contributed by atoms with van der Waals surface area (Å²) in [5, 5.41) is 0.378. The molecule has 0 unspecified atom stereocenters. The zero-order valence-corrected chi connectivity index (χ0v) is 13.0. The third kappa shape index (κ3) is 4.09. The molecule has 7 heteroatoms. The van der Waals surface area contributed by atoms with E-state index in [1.807, 2.05) is 6.92 Å². The van der Waals surface area contributed by atoms with E-state index in [9.17, 15) is 8.42 Å². The Bertz CT molecular complexity index is 705. The van der Waals surface area contributed by atoms with Gasteiger partial charge in [0.1, 0.15) is 5.75 Å². The number of hydrogen-bond donors (Lipinski definition) is 1. The lowest BCUT2D eigenvalue weighted by atomic mass is 10.3. The average molecular weight is 327 g/mol. The van der Waals surface area contributed by atoms with Gasteiger partial charge in [0, 0.05) is 12.3 Å². The first-order valence-corrected chi connectivity index (χ1v) is 8.24. The van der Waals surface area contributed by atoms with Crippen LogP contribution in [0.3, 0.4) is 0 Å². The van der Waals surface area contributed by atoms with E-state index in [4.69, 9.17) is 16.3 Å². The minimum absolute atomic E-state index is 0.0851. The predicted molar refractivity (Wildman–Crippen MR) is 82.3 cm³/mol. The molecule has 0 radical (unpaired) electrons. The van der Waals surface area contributed by atoms with Crippen molar-refractivity contribution in [2.75, 3.05) is 11.3 Å². The van der Waals surface area contributed by atoms with Crippen LogP contribution in [0.4, 0.5) is 5.69 Å². The van der Waals surface area contributed by atoms with E-state index in [0.29, 0.717) is 23.1 Å². The fraction of sp³-hybridized carbons (Fsp3) is 0.214. The van der Waals surface area contributed by atoms with Crippen molar-refractivity contribution >= 4 is 27.3 Å². The summed E-state index contributed by atoms with van der Waals surface area (Å²) in [6.45, 7) is 2.43. The van der Waals surface area contributed by atoms with Crippen molar-refractivity contribution in [2.45, 2.75) is 18.2 Å². The van der Waals surface area contributed by atoms with Crippen LogP contribution < -0.4 is 9.46 Å². The van der Waals surface area contributed by atoms with Crippen molar-refractivity contribution in [1.82, 2.24) is 4.98 Å². The monoisotopic (exact) mass is 326 g/mol. The number of ether oxygens (including phenoxy) is 1. The predicted octanol–water partition coefficient (Wildman–Crippen LogP) is 3.32. The molecule has 1 aromatic carbocycles. The molecule has 1 heterocycles. The van der Waals surface area contributed by atoms with Gasteiger partial charge in [-0.3, -0.25) is 9.71 Å². The van der Waals surface area contributed by atoms with Gasteiger partial charge in [-0.1, -0.05) is 18.5 Å². The number of benzene rings is 1. The maximum Gasteiger partial charge on any atom is 0.262 e. The van der Waals surface area contributed by atoms with E-state index in [1.165, 1.54) is 24.4 Å². The highest BCUT2D eigenvalue weighted by Gasteiger charge is 2.16. The van der Waals surface area contributed by atoms with Gasteiger partial charge < -0.3 is 4.74 Å².